The predicted molar refractivity (Wildman–Crippen MR) is 132 cm³/mol. The van der Waals surface area contributed by atoms with Crippen molar-refractivity contribution >= 4 is 12.2 Å². The molecule has 0 N–H and O–H groups in total. The van der Waals surface area contributed by atoms with Crippen LogP contribution in [0.4, 0.5) is 0 Å². The fraction of sp³-hybridized carbons (Fsp3) is 0.133. The highest BCUT2D eigenvalue weighted by Crippen LogP contribution is 2.18. The first-order valence-corrected chi connectivity index (χ1v) is 10.9. The molecule has 0 aliphatic carbocycles. The van der Waals surface area contributed by atoms with Gasteiger partial charge in [-0.2, -0.15) is 0 Å². The Labute approximate surface area is 189 Å². The van der Waals surface area contributed by atoms with Gasteiger partial charge in [0.1, 0.15) is 11.5 Å². The van der Waals surface area contributed by atoms with Gasteiger partial charge in [-0.3, -0.25) is 0 Å². The van der Waals surface area contributed by atoms with E-state index < -0.39 is 0 Å². The van der Waals surface area contributed by atoms with Crippen molar-refractivity contribution in [2.45, 2.75) is 12.8 Å². The summed E-state index contributed by atoms with van der Waals surface area (Å²) in [5.74, 6) is 1.87. The third-order valence-corrected chi connectivity index (χ3v) is 5.66. The summed E-state index contributed by atoms with van der Waals surface area (Å²) in [5.41, 5.74) is 2.39. The molecule has 0 radical (unpaired) electrons. The largest absolute Gasteiger partial charge is 0.496 e. The van der Waals surface area contributed by atoms with Gasteiger partial charge < -0.3 is 9.47 Å². The fourth-order valence-corrected chi connectivity index (χ4v) is 3.82. The minimum absolute atomic E-state index is 0.847. The van der Waals surface area contributed by atoms with Crippen molar-refractivity contribution in [2.75, 3.05) is 14.2 Å². The average molecular weight is 421 g/mol. The van der Waals surface area contributed by atoms with Crippen molar-refractivity contribution in [3.8, 4) is 11.5 Å². The number of hydrogen-bond acceptors (Lipinski definition) is 2. The zero-order chi connectivity index (χ0) is 22.2. The Bertz CT molecular complexity index is 1250. The molecule has 0 saturated carbocycles. The lowest BCUT2D eigenvalue weighted by molar-refractivity contribution is 0.411. The maximum absolute atomic E-state index is 5.45. The topological polar surface area (TPSA) is 18.5 Å². The van der Waals surface area contributed by atoms with Crippen LogP contribution in [0.1, 0.15) is 11.1 Å². The van der Waals surface area contributed by atoms with E-state index in [-0.39, 0.29) is 0 Å². The van der Waals surface area contributed by atoms with E-state index in [4.69, 9.17) is 9.47 Å². The molecule has 0 atom stereocenters. The van der Waals surface area contributed by atoms with Crippen molar-refractivity contribution in [1.29, 1.82) is 0 Å². The van der Waals surface area contributed by atoms with Crippen LogP contribution < -0.4 is 19.9 Å². The first kappa shape index (κ1) is 21.5. The monoisotopic (exact) mass is 420 g/mol. The fourth-order valence-electron chi connectivity index (χ4n) is 3.82. The summed E-state index contributed by atoms with van der Waals surface area (Å²) in [6.45, 7) is 0. The molecule has 160 valence electrons. The van der Waals surface area contributed by atoms with Crippen LogP contribution in [-0.4, -0.2) is 14.2 Å². The molecule has 0 fully saturated rings. The van der Waals surface area contributed by atoms with Crippen LogP contribution in [-0.2, 0) is 12.8 Å². The molecule has 32 heavy (non-hydrogen) atoms. The highest BCUT2D eigenvalue weighted by atomic mass is 16.5. The average Bonchev–Trinajstić information content (AvgIpc) is 2.87. The Kier molecular flexibility index (Phi) is 7.04. The summed E-state index contributed by atoms with van der Waals surface area (Å²) in [5, 5.41) is 4.86. The Morgan fingerprint density at radius 2 is 0.875 bits per heavy atom. The van der Waals surface area contributed by atoms with Gasteiger partial charge >= 0.3 is 0 Å². The predicted octanol–water partition coefficient (Wildman–Crippen LogP) is 5.04. The quantitative estimate of drug-likeness (QED) is 0.435. The maximum Gasteiger partial charge on any atom is 0.122 e. The third kappa shape index (κ3) is 5.28. The van der Waals surface area contributed by atoms with E-state index in [1.54, 1.807) is 14.2 Å². The second-order valence-electron chi connectivity index (χ2n) is 7.68. The molecule has 0 heterocycles. The van der Waals surface area contributed by atoms with Crippen molar-refractivity contribution in [1.82, 2.24) is 0 Å². The van der Waals surface area contributed by atoms with Crippen LogP contribution in [0.5, 0.6) is 11.5 Å². The Hall–Kier alpha value is -3.78. The number of hydrogen-bond donors (Lipinski definition) is 0. The Morgan fingerprint density at radius 3 is 1.25 bits per heavy atom. The lowest BCUT2D eigenvalue weighted by Gasteiger charge is -2.05. The molecule has 0 spiro atoms. The molecule has 0 aromatic heterocycles. The second kappa shape index (κ2) is 10.5. The van der Waals surface area contributed by atoms with E-state index in [0.29, 0.717) is 0 Å². The van der Waals surface area contributed by atoms with E-state index in [1.807, 2.05) is 36.4 Å². The molecular weight excluding hydrogens is 392 g/mol. The van der Waals surface area contributed by atoms with E-state index in [0.717, 1.165) is 24.3 Å². The molecule has 2 nitrogen and oxygen atoms in total. The van der Waals surface area contributed by atoms with Crippen LogP contribution in [0.15, 0.2) is 97.1 Å². The SMILES string of the molecule is COc1ccccc1CC=c1ccc(=c2ccc(=CCc3ccccc3OC)cc2)cc1. The lowest BCUT2D eigenvalue weighted by atomic mass is 10.1. The normalized spacial score (nSPS) is 10.4. The van der Waals surface area contributed by atoms with E-state index in [2.05, 4.69) is 72.8 Å². The molecule has 4 aromatic rings. The zero-order valence-corrected chi connectivity index (χ0v) is 18.6. The number of rotatable bonds is 6. The van der Waals surface area contributed by atoms with Crippen LogP contribution >= 0.6 is 0 Å². The van der Waals surface area contributed by atoms with E-state index >= 15 is 0 Å². The third-order valence-electron chi connectivity index (χ3n) is 5.66. The summed E-state index contributed by atoms with van der Waals surface area (Å²) in [7, 11) is 3.43. The minimum Gasteiger partial charge on any atom is -0.496 e. The summed E-state index contributed by atoms with van der Waals surface area (Å²) < 4.78 is 10.9. The zero-order valence-electron chi connectivity index (χ0n) is 18.6. The van der Waals surface area contributed by atoms with Crippen molar-refractivity contribution < 1.29 is 9.47 Å². The van der Waals surface area contributed by atoms with Crippen molar-refractivity contribution in [3.05, 3.63) is 129 Å². The smallest absolute Gasteiger partial charge is 0.122 e. The molecule has 0 aliphatic heterocycles. The summed E-state index contributed by atoms with van der Waals surface area (Å²) in [6, 6.07) is 33.7. The molecule has 4 aromatic carbocycles. The maximum atomic E-state index is 5.45. The van der Waals surface area contributed by atoms with Crippen LogP contribution in [0.25, 0.3) is 12.2 Å². The standard InChI is InChI=1S/C30H28O2/c1-31-29-9-5-3-7-27(29)21-15-23-11-17-25(18-12-23)26-19-13-24(14-20-26)16-22-28-8-4-6-10-30(28)32-2/h3-20H,21-22H2,1-2H3. The second-order valence-corrected chi connectivity index (χ2v) is 7.68. The van der Waals surface area contributed by atoms with E-state index in [1.165, 1.54) is 32.0 Å². The van der Waals surface area contributed by atoms with Crippen molar-refractivity contribution in [2.24, 2.45) is 0 Å². The van der Waals surface area contributed by atoms with E-state index in [9.17, 15) is 0 Å². The number of ether oxygens (including phenoxy) is 2. The number of methoxy groups -OCH3 is 2. The number of para-hydroxylation sites is 2. The first-order valence-electron chi connectivity index (χ1n) is 10.9. The highest BCUT2D eigenvalue weighted by Gasteiger charge is 1.99. The van der Waals surface area contributed by atoms with Crippen LogP contribution in [0, 0.1) is 10.4 Å². The molecule has 0 unspecified atom stereocenters. The Balaban J connectivity index is 1.54. The van der Waals surface area contributed by atoms with Gasteiger partial charge in [-0.1, -0.05) is 97.1 Å². The van der Waals surface area contributed by atoms with Gasteiger partial charge in [0.25, 0.3) is 0 Å². The van der Waals surface area contributed by atoms with Gasteiger partial charge in [-0.05, 0) is 57.0 Å². The van der Waals surface area contributed by atoms with Crippen LogP contribution in [0.2, 0.25) is 0 Å². The van der Waals surface area contributed by atoms with Gasteiger partial charge in [-0.25, -0.2) is 0 Å². The molecule has 2 heteroatoms. The molecule has 0 amide bonds. The summed E-state index contributed by atoms with van der Waals surface area (Å²) in [4.78, 5) is 0. The molecule has 0 aliphatic rings. The Morgan fingerprint density at radius 1 is 0.500 bits per heavy atom. The summed E-state index contributed by atoms with van der Waals surface area (Å²) in [6.07, 6.45) is 6.16. The van der Waals surface area contributed by atoms with Gasteiger partial charge in [-0.15, -0.1) is 0 Å². The van der Waals surface area contributed by atoms with Crippen molar-refractivity contribution in [3.63, 3.8) is 0 Å². The van der Waals surface area contributed by atoms with Gasteiger partial charge in [0.2, 0.25) is 0 Å². The first-order chi connectivity index (χ1) is 15.8. The van der Waals surface area contributed by atoms with Gasteiger partial charge in [0.05, 0.1) is 14.2 Å². The molecule has 0 bridgehead atoms. The minimum atomic E-state index is 0.847. The van der Waals surface area contributed by atoms with Crippen LogP contribution in [0.3, 0.4) is 0 Å². The molecule has 0 saturated heterocycles. The number of benzene rings is 4. The molecule has 4 rings (SSSR count). The summed E-state index contributed by atoms with van der Waals surface area (Å²) >= 11 is 0. The van der Waals surface area contributed by atoms with Gasteiger partial charge in [0, 0.05) is 0 Å². The molecular formula is C30H28O2. The highest BCUT2D eigenvalue weighted by molar-refractivity contribution is 5.42. The lowest BCUT2D eigenvalue weighted by Crippen LogP contribution is -2.01. The van der Waals surface area contributed by atoms with Gasteiger partial charge in [0.15, 0.2) is 0 Å².